The highest BCUT2D eigenvalue weighted by molar-refractivity contribution is 7.92. The van der Waals surface area contributed by atoms with Crippen molar-refractivity contribution in [3.63, 3.8) is 0 Å². The Labute approximate surface area is 123 Å². The molecule has 0 aliphatic carbocycles. The first-order valence-electron chi connectivity index (χ1n) is 5.95. The summed E-state index contributed by atoms with van der Waals surface area (Å²) < 4.78 is 27.1. The number of nitrogens with one attached hydrogen (secondary N) is 1. The maximum absolute atomic E-state index is 12.3. The van der Waals surface area contributed by atoms with Crippen molar-refractivity contribution >= 4 is 33.0 Å². The molecule has 20 heavy (non-hydrogen) atoms. The molecule has 0 aliphatic rings. The van der Waals surface area contributed by atoms with E-state index < -0.39 is 10.0 Å². The lowest BCUT2D eigenvalue weighted by Gasteiger charge is -2.12. The molecule has 4 nitrogen and oxygen atoms in total. The summed E-state index contributed by atoms with van der Waals surface area (Å²) in [5.41, 5.74) is 8.16. The van der Waals surface area contributed by atoms with Crippen LogP contribution < -0.4 is 10.5 Å². The minimum Gasteiger partial charge on any atom is -0.397 e. The van der Waals surface area contributed by atoms with E-state index in [-0.39, 0.29) is 21.3 Å². The molecule has 0 atom stereocenters. The van der Waals surface area contributed by atoms with Crippen molar-refractivity contribution in [1.29, 1.82) is 0 Å². The fourth-order valence-corrected chi connectivity index (χ4v) is 3.20. The van der Waals surface area contributed by atoms with Gasteiger partial charge in [0, 0.05) is 0 Å². The van der Waals surface area contributed by atoms with Gasteiger partial charge in [-0.25, -0.2) is 8.42 Å². The number of hydrogen-bond acceptors (Lipinski definition) is 3. The predicted octanol–water partition coefficient (Wildman–Crippen LogP) is 3.34. The van der Waals surface area contributed by atoms with Gasteiger partial charge in [0.05, 0.1) is 21.3 Å². The van der Waals surface area contributed by atoms with Gasteiger partial charge in [-0.05, 0) is 49.2 Å². The van der Waals surface area contributed by atoms with Crippen LogP contribution in [-0.2, 0) is 10.0 Å². The Bertz CT molecular complexity index is 738. The highest BCUT2D eigenvalue weighted by atomic mass is 35.5. The number of benzene rings is 2. The number of nitrogens with two attached hydrogens (primary N) is 1. The van der Waals surface area contributed by atoms with Crippen molar-refractivity contribution in [2.24, 2.45) is 0 Å². The molecular formula is C14H15ClN2O2S. The van der Waals surface area contributed by atoms with Crippen LogP contribution in [0.4, 0.5) is 11.4 Å². The molecule has 0 aliphatic heterocycles. The summed E-state index contributed by atoms with van der Waals surface area (Å²) in [6, 6.07) is 9.76. The maximum atomic E-state index is 12.3. The maximum Gasteiger partial charge on any atom is 0.262 e. The summed E-state index contributed by atoms with van der Waals surface area (Å²) in [4.78, 5) is 0.180. The number of aryl methyl sites for hydroxylation is 2. The number of rotatable bonds is 3. The Morgan fingerprint density at radius 3 is 2.40 bits per heavy atom. The van der Waals surface area contributed by atoms with Gasteiger partial charge in [0.25, 0.3) is 10.0 Å². The van der Waals surface area contributed by atoms with Crippen molar-refractivity contribution in [2.45, 2.75) is 18.7 Å². The van der Waals surface area contributed by atoms with Crippen molar-refractivity contribution in [1.82, 2.24) is 0 Å². The third-order valence-electron chi connectivity index (χ3n) is 3.07. The first kappa shape index (κ1) is 14.7. The van der Waals surface area contributed by atoms with Gasteiger partial charge in [-0.2, -0.15) is 0 Å². The van der Waals surface area contributed by atoms with E-state index in [1.54, 1.807) is 36.4 Å². The van der Waals surface area contributed by atoms with E-state index in [1.807, 2.05) is 13.8 Å². The molecule has 0 radical (unpaired) electrons. The molecule has 0 fully saturated rings. The van der Waals surface area contributed by atoms with Crippen molar-refractivity contribution in [3.8, 4) is 0 Å². The Hall–Kier alpha value is -1.72. The van der Waals surface area contributed by atoms with E-state index >= 15 is 0 Å². The van der Waals surface area contributed by atoms with Crippen molar-refractivity contribution in [2.75, 3.05) is 10.5 Å². The molecule has 0 aromatic heterocycles. The van der Waals surface area contributed by atoms with Crippen LogP contribution in [0.25, 0.3) is 0 Å². The van der Waals surface area contributed by atoms with Crippen molar-refractivity contribution < 1.29 is 8.42 Å². The minimum absolute atomic E-state index is 0.180. The predicted molar refractivity (Wildman–Crippen MR) is 82.6 cm³/mol. The van der Waals surface area contributed by atoms with Gasteiger partial charge in [0.2, 0.25) is 0 Å². The Morgan fingerprint density at radius 1 is 1.10 bits per heavy atom. The van der Waals surface area contributed by atoms with E-state index in [1.165, 1.54) is 0 Å². The van der Waals surface area contributed by atoms with Gasteiger partial charge in [0.1, 0.15) is 0 Å². The average molecular weight is 311 g/mol. The summed E-state index contributed by atoms with van der Waals surface area (Å²) in [5, 5.41) is 0.261. The van der Waals surface area contributed by atoms with E-state index in [9.17, 15) is 8.42 Å². The summed E-state index contributed by atoms with van der Waals surface area (Å²) >= 11 is 5.97. The topological polar surface area (TPSA) is 72.2 Å². The third-order valence-corrected chi connectivity index (χ3v) is 4.73. The Balaban J connectivity index is 2.43. The molecule has 2 rings (SSSR count). The Kier molecular flexibility index (Phi) is 3.92. The molecule has 0 amide bonds. The highest BCUT2D eigenvalue weighted by Crippen LogP contribution is 2.30. The molecule has 2 aromatic carbocycles. The van der Waals surface area contributed by atoms with Crippen LogP contribution in [0, 0.1) is 13.8 Å². The number of hydrogen-bond donors (Lipinski definition) is 2. The number of halogens is 1. The van der Waals surface area contributed by atoms with Crippen LogP contribution in [0.3, 0.4) is 0 Å². The van der Waals surface area contributed by atoms with Gasteiger partial charge < -0.3 is 5.73 Å². The highest BCUT2D eigenvalue weighted by Gasteiger charge is 2.17. The summed E-state index contributed by atoms with van der Waals surface area (Å²) in [6.45, 7) is 3.78. The molecule has 3 N–H and O–H groups in total. The number of nitrogen functional groups attached to an aromatic ring is 1. The molecular weight excluding hydrogens is 296 g/mol. The second-order valence-corrected chi connectivity index (χ2v) is 6.65. The normalized spacial score (nSPS) is 11.3. The smallest absolute Gasteiger partial charge is 0.262 e. The largest absolute Gasteiger partial charge is 0.397 e. The van der Waals surface area contributed by atoms with Crippen molar-refractivity contribution in [3.05, 3.63) is 52.5 Å². The van der Waals surface area contributed by atoms with E-state index in [0.717, 1.165) is 11.1 Å². The van der Waals surface area contributed by atoms with Crippen LogP contribution in [0.5, 0.6) is 0 Å². The molecule has 0 saturated heterocycles. The SMILES string of the molecule is Cc1ccc(S(=O)(=O)Nc2c(N)cccc2Cl)cc1C. The van der Waals surface area contributed by atoms with Crippen LogP contribution >= 0.6 is 11.6 Å². The van der Waals surface area contributed by atoms with Crippen LogP contribution in [-0.4, -0.2) is 8.42 Å². The monoisotopic (exact) mass is 310 g/mol. The van der Waals surface area contributed by atoms with Gasteiger partial charge >= 0.3 is 0 Å². The lowest BCUT2D eigenvalue weighted by Crippen LogP contribution is -2.14. The van der Waals surface area contributed by atoms with Crippen LogP contribution in [0.2, 0.25) is 5.02 Å². The minimum atomic E-state index is -3.71. The lowest BCUT2D eigenvalue weighted by atomic mass is 10.1. The van der Waals surface area contributed by atoms with Gasteiger partial charge in [-0.1, -0.05) is 23.7 Å². The van der Waals surface area contributed by atoms with Crippen LogP contribution in [0.15, 0.2) is 41.3 Å². The summed E-state index contributed by atoms with van der Waals surface area (Å²) in [7, 11) is -3.71. The Morgan fingerprint density at radius 2 is 1.80 bits per heavy atom. The zero-order valence-electron chi connectivity index (χ0n) is 11.1. The number of anilines is 2. The lowest BCUT2D eigenvalue weighted by molar-refractivity contribution is 0.601. The zero-order valence-corrected chi connectivity index (χ0v) is 12.7. The van der Waals surface area contributed by atoms with Gasteiger partial charge in [0.15, 0.2) is 0 Å². The molecule has 0 saturated carbocycles. The fourth-order valence-electron chi connectivity index (χ4n) is 1.72. The molecule has 2 aromatic rings. The average Bonchev–Trinajstić information content (AvgIpc) is 2.37. The fraction of sp³-hybridized carbons (Fsp3) is 0.143. The number of sulfonamides is 1. The summed E-state index contributed by atoms with van der Waals surface area (Å²) in [6.07, 6.45) is 0. The molecule has 0 unspecified atom stereocenters. The molecule has 0 heterocycles. The quantitative estimate of drug-likeness (QED) is 0.854. The van der Waals surface area contributed by atoms with Gasteiger partial charge in [-0.3, -0.25) is 4.72 Å². The zero-order chi connectivity index (χ0) is 14.9. The summed E-state index contributed by atoms with van der Waals surface area (Å²) in [5.74, 6) is 0. The van der Waals surface area contributed by atoms with Crippen LogP contribution in [0.1, 0.15) is 11.1 Å². The first-order valence-corrected chi connectivity index (χ1v) is 7.81. The van der Waals surface area contributed by atoms with E-state index in [4.69, 9.17) is 17.3 Å². The molecule has 106 valence electrons. The molecule has 0 bridgehead atoms. The standard InChI is InChI=1S/C14H15ClN2O2S/c1-9-6-7-11(8-10(9)2)20(18,19)17-14-12(15)4-3-5-13(14)16/h3-8,17H,16H2,1-2H3. The van der Waals surface area contributed by atoms with Gasteiger partial charge in [-0.15, -0.1) is 0 Å². The third kappa shape index (κ3) is 2.89. The first-order chi connectivity index (χ1) is 9.31. The second kappa shape index (κ2) is 5.34. The van der Waals surface area contributed by atoms with E-state index in [0.29, 0.717) is 0 Å². The number of para-hydroxylation sites is 1. The molecule has 0 spiro atoms. The van der Waals surface area contributed by atoms with E-state index in [2.05, 4.69) is 4.72 Å². The second-order valence-electron chi connectivity index (χ2n) is 4.56. The molecule has 6 heteroatoms.